The van der Waals surface area contributed by atoms with Gasteiger partial charge >= 0.3 is 0 Å². The van der Waals surface area contributed by atoms with Crippen molar-refractivity contribution in [2.75, 3.05) is 13.7 Å². The van der Waals surface area contributed by atoms with E-state index in [1.165, 1.54) is 12.1 Å². The molecule has 4 nitrogen and oxygen atoms in total. The largest absolute Gasteiger partial charge is 0.384 e. The van der Waals surface area contributed by atoms with Crippen LogP contribution < -0.4 is 5.32 Å². The van der Waals surface area contributed by atoms with Crippen LogP contribution in [-0.2, 0) is 4.74 Å². The SMILES string of the molecule is COC1CC(NC(=O)c2ccc(C#CCO)c(F)c2)C1. The van der Waals surface area contributed by atoms with Crippen LogP contribution in [0.25, 0.3) is 0 Å². The van der Waals surface area contributed by atoms with Crippen LogP contribution in [-0.4, -0.2) is 36.9 Å². The lowest BCUT2D eigenvalue weighted by molar-refractivity contribution is 0.0176. The molecule has 2 rings (SSSR count). The summed E-state index contributed by atoms with van der Waals surface area (Å²) in [7, 11) is 1.64. The molecule has 0 spiro atoms. The molecule has 1 aromatic carbocycles. The van der Waals surface area contributed by atoms with Crippen LogP contribution >= 0.6 is 0 Å². The van der Waals surface area contributed by atoms with E-state index in [0.29, 0.717) is 0 Å². The number of amides is 1. The number of rotatable bonds is 3. The fourth-order valence-electron chi connectivity index (χ4n) is 2.04. The van der Waals surface area contributed by atoms with Crippen molar-refractivity contribution < 1.29 is 19.0 Å². The zero-order chi connectivity index (χ0) is 14.5. The Morgan fingerprint density at radius 3 is 2.90 bits per heavy atom. The number of halogens is 1. The van der Waals surface area contributed by atoms with E-state index >= 15 is 0 Å². The molecule has 106 valence electrons. The molecule has 1 amide bonds. The second-order valence-corrected chi connectivity index (χ2v) is 4.65. The molecule has 1 aliphatic rings. The summed E-state index contributed by atoms with van der Waals surface area (Å²) in [5.41, 5.74) is 0.427. The van der Waals surface area contributed by atoms with Crippen LogP contribution in [0.1, 0.15) is 28.8 Å². The summed E-state index contributed by atoms with van der Waals surface area (Å²) in [5, 5.41) is 11.4. The Labute approximate surface area is 116 Å². The van der Waals surface area contributed by atoms with Crippen LogP contribution in [0.3, 0.4) is 0 Å². The summed E-state index contributed by atoms with van der Waals surface area (Å²) in [4.78, 5) is 11.9. The summed E-state index contributed by atoms with van der Waals surface area (Å²) in [6, 6.07) is 4.20. The van der Waals surface area contributed by atoms with Crippen LogP contribution in [0.5, 0.6) is 0 Å². The van der Waals surface area contributed by atoms with Gasteiger partial charge in [0, 0.05) is 18.7 Å². The lowest BCUT2D eigenvalue weighted by atomic mass is 9.89. The molecule has 1 fully saturated rings. The first kappa shape index (κ1) is 14.5. The smallest absolute Gasteiger partial charge is 0.251 e. The van der Waals surface area contributed by atoms with Gasteiger partial charge < -0.3 is 15.2 Å². The maximum absolute atomic E-state index is 13.7. The predicted octanol–water partition coefficient (Wildman–Crippen LogP) is 1.08. The minimum Gasteiger partial charge on any atom is -0.384 e. The van der Waals surface area contributed by atoms with Crippen LogP contribution in [0.4, 0.5) is 4.39 Å². The molecule has 0 atom stereocenters. The zero-order valence-electron chi connectivity index (χ0n) is 11.1. The van der Waals surface area contributed by atoms with E-state index in [1.54, 1.807) is 7.11 Å². The maximum Gasteiger partial charge on any atom is 0.251 e. The first-order chi connectivity index (χ1) is 9.63. The molecule has 0 unspecified atom stereocenters. The summed E-state index contributed by atoms with van der Waals surface area (Å²) in [5.74, 6) is 3.98. The maximum atomic E-state index is 13.7. The van der Waals surface area contributed by atoms with Crippen molar-refractivity contribution in [3.05, 3.63) is 35.1 Å². The van der Waals surface area contributed by atoms with Crippen molar-refractivity contribution in [3.63, 3.8) is 0 Å². The molecule has 1 saturated carbocycles. The Balaban J connectivity index is 1.99. The van der Waals surface area contributed by atoms with E-state index in [4.69, 9.17) is 9.84 Å². The van der Waals surface area contributed by atoms with Gasteiger partial charge in [-0.1, -0.05) is 11.8 Å². The van der Waals surface area contributed by atoms with Crippen molar-refractivity contribution in [1.29, 1.82) is 0 Å². The normalized spacial score (nSPS) is 20.6. The molecular formula is C15H16FNO3. The van der Waals surface area contributed by atoms with Crippen molar-refractivity contribution in [2.45, 2.75) is 25.0 Å². The van der Waals surface area contributed by atoms with Crippen molar-refractivity contribution >= 4 is 5.91 Å². The molecule has 1 aromatic rings. The first-order valence-electron chi connectivity index (χ1n) is 6.37. The Hall–Kier alpha value is -1.90. The van der Waals surface area contributed by atoms with Gasteiger partial charge in [0.1, 0.15) is 12.4 Å². The molecule has 0 saturated heterocycles. The third-order valence-electron chi connectivity index (χ3n) is 3.30. The highest BCUT2D eigenvalue weighted by atomic mass is 19.1. The number of hydrogen-bond acceptors (Lipinski definition) is 3. The number of methoxy groups -OCH3 is 1. The summed E-state index contributed by atoms with van der Waals surface area (Å²) in [6.45, 7) is -0.329. The lowest BCUT2D eigenvalue weighted by Crippen LogP contribution is -2.47. The molecule has 1 aliphatic carbocycles. The van der Waals surface area contributed by atoms with E-state index in [0.717, 1.165) is 18.9 Å². The van der Waals surface area contributed by atoms with Gasteiger partial charge in [-0.3, -0.25) is 4.79 Å². The highest BCUT2D eigenvalue weighted by molar-refractivity contribution is 5.94. The standard InChI is InChI=1S/C15H16FNO3/c1-20-13-8-12(9-13)17-15(19)11-5-4-10(3-2-6-18)14(16)7-11/h4-5,7,12-13,18H,6,8-9H2,1H3,(H,17,19). The number of ether oxygens (including phenoxy) is 1. The van der Waals surface area contributed by atoms with E-state index < -0.39 is 5.82 Å². The molecule has 0 radical (unpaired) electrons. The van der Waals surface area contributed by atoms with Gasteiger partial charge in [-0.15, -0.1) is 0 Å². The number of hydrogen-bond donors (Lipinski definition) is 2. The van der Waals surface area contributed by atoms with Crippen LogP contribution in [0.15, 0.2) is 18.2 Å². The number of aliphatic hydroxyl groups excluding tert-OH is 1. The van der Waals surface area contributed by atoms with Gasteiger partial charge in [0.2, 0.25) is 0 Å². The zero-order valence-corrected chi connectivity index (χ0v) is 11.1. The second-order valence-electron chi connectivity index (χ2n) is 4.65. The molecule has 0 bridgehead atoms. The average Bonchev–Trinajstić information content (AvgIpc) is 2.40. The highest BCUT2D eigenvalue weighted by Gasteiger charge is 2.30. The Kier molecular flexibility index (Phi) is 4.72. The van der Waals surface area contributed by atoms with E-state index in [-0.39, 0.29) is 35.8 Å². The topological polar surface area (TPSA) is 58.6 Å². The first-order valence-corrected chi connectivity index (χ1v) is 6.37. The number of nitrogens with one attached hydrogen (secondary N) is 1. The Bertz CT molecular complexity index is 556. The summed E-state index contributed by atoms with van der Waals surface area (Å²) < 4.78 is 18.8. The van der Waals surface area contributed by atoms with E-state index in [2.05, 4.69) is 17.2 Å². The lowest BCUT2D eigenvalue weighted by Gasteiger charge is -2.34. The van der Waals surface area contributed by atoms with Crippen molar-refractivity contribution in [2.24, 2.45) is 0 Å². The fraction of sp³-hybridized carbons (Fsp3) is 0.400. The third-order valence-corrected chi connectivity index (χ3v) is 3.30. The Morgan fingerprint density at radius 2 is 2.30 bits per heavy atom. The summed E-state index contributed by atoms with van der Waals surface area (Å²) >= 11 is 0. The predicted molar refractivity (Wildman–Crippen MR) is 71.6 cm³/mol. The number of carbonyl (C=O) groups is 1. The molecule has 2 N–H and O–H groups in total. The molecule has 0 aliphatic heterocycles. The number of aliphatic hydroxyl groups is 1. The number of benzene rings is 1. The van der Waals surface area contributed by atoms with Crippen LogP contribution in [0.2, 0.25) is 0 Å². The van der Waals surface area contributed by atoms with Gasteiger partial charge in [0.15, 0.2) is 0 Å². The minimum absolute atomic E-state index is 0.0874. The monoisotopic (exact) mass is 277 g/mol. The fourth-order valence-corrected chi connectivity index (χ4v) is 2.04. The molecule has 5 heteroatoms. The third kappa shape index (κ3) is 3.35. The van der Waals surface area contributed by atoms with Crippen molar-refractivity contribution in [1.82, 2.24) is 5.32 Å². The molecular weight excluding hydrogens is 261 g/mol. The van der Waals surface area contributed by atoms with Crippen molar-refractivity contribution in [3.8, 4) is 11.8 Å². The average molecular weight is 277 g/mol. The van der Waals surface area contributed by atoms with Gasteiger partial charge in [0.05, 0.1) is 11.7 Å². The van der Waals surface area contributed by atoms with Crippen LogP contribution in [0, 0.1) is 17.7 Å². The van der Waals surface area contributed by atoms with E-state index in [1.807, 2.05) is 0 Å². The molecule has 0 aromatic heterocycles. The van der Waals surface area contributed by atoms with Gasteiger partial charge in [-0.25, -0.2) is 4.39 Å². The quantitative estimate of drug-likeness (QED) is 0.813. The second kappa shape index (κ2) is 6.51. The van der Waals surface area contributed by atoms with Gasteiger partial charge in [0.25, 0.3) is 5.91 Å². The molecule has 0 heterocycles. The Morgan fingerprint density at radius 1 is 1.55 bits per heavy atom. The minimum atomic E-state index is -0.568. The summed E-state index contributed by atoms with van der Waals surface area (Å²) in [6.07, 6.45) is 1.77. The number of carbonyl (C=O) groups excluding carboxylic acids is 1. The van der Waals surface area contributed by atoms with Gasteiger partial charge in [-0.05, 0) is 31.0 Å². The van der Waals surface area contributed by atoms with Gasteiger partial charge in [-0.2, -0.15) is 0 Å². The molecule has 20 heavy (non-hydrogen) atoms. The van der Waals surface area contributed by atoms with E-state index in [9.17, 15) is 9.18 Å². The highest BCUT2D eigenvalue weighted by Crippen LogP contribution is 2.23.